The molecule has 1 fully saturated rings. The van der Waals surface area contributed by atoms with Crippen LogP contribution in [-0.4, -0.2) is 43.0 Å². The van der Waals surface area contributed by atoms with Crippen molar-refractivity contribution in [1.82, 2.24) is 19.5 Å². The summed E-state index contributed by atoms with van der Waals surface area (Å²) >= 11 is 1.40. The third-order valence-corrected chi connectivity index (χ3v) is 7.25. The van der Waals surface area contributed by atoms with E-state index in [0.717, 1.165) is 24.8 Å². The molecule has 1 N–H and O–H groups in total. The van der Waals surface area contributed by atoms with Gasteiger partial charge in [0.05, 0.1) is 17.5 Å². The molecule has 1 aromatic carbocycles. The molecule has 0 aliphatic carbocycles. The van der Waals surface area contributed by atoms with Gasteiger partial charge in [-0.05, 0) is 56.7 Å². The minimum Gasteiger partial charge on any atom is -0.492 e. The number of aromatic hydroxyl groups is 1. The van der Waals surface area contributed by atoms with E-state index in [4.69, 9.17) is 4.74 Å². The molecule has 0 spiro atoms. The number of benzene rings is 1. The lowest BCUT2D eigenvalue weighted by molar-refractivity contribution is -0.0915. The summed E-state index contributed by atoms with van der Waals surface area (Å²) < 4.78 is 22.2. The zero-order valence-corrected chi connectivity index (χ0v) is 19.6. The largest absolute Gasteiger partial charge is 0.492 e. The minimum atomic E-state index is -0.524. The molecule has 1 aliphatic heterocycles. The summed E-state index contributed by atoms with van der Waals surface area (Å²) in [4.78, 5) is 8.11. The fourth-order valence-corrected chi connectivity index (χ4v) is 5.64. The monoisotopic (exact) mass is 446 g/mol. The van der Waals surface area contributed by atoms with Gasteiger partial charge in [-0.3, -0.25) is 4.90 Å². The highest BCUT2D eigenvalue weighted by Gasteiger charge is 2.48. The number of thiazole rings is 1. The molecule has 6 nitrogen and oxygen atoms in total. The van der Waals surface area contributed by atoms with Gasteiger partial charge in [-0.1, -0.05) is 44.2 Å². The molecule has 1 saturated heterocycles. The van der Waals surface area contributed by atoms with Crippen molar-refractivity contribution in [2.24, 2.45) is 5.92 Å². The van der Waals surface area contributed by atoms with E-state index in [2.05, 4.69) is 42.7 Å². The van der Waals surface area contributed by atoms with Crippen molar-refractivity contribution in [1.29, 1.82) is 0 Å². The van der Waals surface area contributed by atoms with E-state index >= 15 is 0 Å². The van der Waals surface area contributed by atoms with Crippen LogP contribution in [0.3, 0.4) is 0 Å². The van der Waals surface area contributed by atoms with E-state index < -0.39 is 5.72 Å². The van der Waals surface area contributed by atoms with Crippen LogP contribution >= 0.6 is 11.3 Å². The molecule has 31 heavy (non-hydrogen) atoms. The number of ether oxygens (including phenoxy) is 1. The van der Waals surface area contributed by atoms with Gasteiger partial charge in [-0.2, -0.15) is 4.52 Å². The number of hydrogen-bond donors (Lipinski definition) is 1. The van der Waals surface area contributed by atoms with Gasteiger partial charge in [0, 0.05) is 6.04 Å². The first kappa shape index (κ1) is 22.2. The second-order valence-electron chi connectivity index (χ2n) is 8.99. The fraction of sp³-hybridized carbons (Fsp3) is 0.565. The number of hydrogen-bond acceptors (Lipinski definition) is 6. The van der Waals surface area contributed by atoms with Gasteiger partial charge in [0.25, 0.3) is 0 Å². The van der Waals surface area contributed by atoms with Gasteiger partial charge < -0.3 is 9.84 Å². The predicted molar refractivity (Wildman–Crippen MR) is 120 cm³/mol. The first-order valence-electron chi connectivity index (χ1n) is 11.0. The Bertz CT molecular complexity index is 1070. The van der Waals surface area contributed by atoms with Gasteiger partial charge in [0.2, 0.25) is 10.8 Å². The lowest BCUT2D eigenvalue weighted by Crippen LogP contribution is -2.48. The predicted octanol–water partition coefficient (Wildman–Crippen LogP) is 5.30. The maximum Gasteiger partial charge on any atom is 0.230 e. The van der Waals surface area contributed by atoms with Crippen molar-refractivity contribution >= 4 is 16.3 Å². The summed E-state index contributed by atoms with van der Waals surface area (Å²) in [6.07, 6.45) is 2.76. The Morgan fingerprint density at radius 3 is 2.81 bits per heavy atom. The number of rotatable bonds is 7. The Morgan fingerprint density at radius 2 is 2.16 bits per heavy atom. The molecule has 3 aromatic rings. The van der Waals surface area contributed by atoms with Gasteiger partial charge >= 0.3 is 0 Å². The maximum absolute atomic E-state index is 14.3. The van der Waals surface area contributed by atoms with Crippen LogP contribution in [0.2, 0.25) is 0 Å². The zero-order valence-electron chi connectivity index (χ0n) is 18.8. The summed E-state index contributed by atoms with van der Waals surface area (Å²) in [6.45, 7) is 11.1. The molecule has 1 aliphatic rings. The lowest BCUT2D eigenvalue weighted by atomic mass is 9.94. The third-order valence-electron chi connectivity index (χ3n) is 6.18. The molecule has 4 rings (SSSR count). The minimum absolute atomic E-state index is 0.0582. The van der Waals surface area contributed by atoms with E-state index in [9.17, 15) is 9.50 Å². The van der Waals surface area contributed by atoms with Crippen molar-refractivity contribution < 1.29 is 14.2 Å². The topological polar surface area (TPSA) is 62.9 Å². The molecule has 168 valence electrons. The van der Waals surface area contributed by atoms with Crippen molar-refractivity contribution in [3.8, 4) is 5.88 Å². The summed E-state index contributed by atoms with van der Waals surface area (Å²) in [5.74, 6) is 0.909. The Kier molecular flexibility index (Phi) is 6.07. The van der Waals surface area contributed by atoms with Crippen LogP contribution < -0.4 is 0 Å². The second-order valence-corrected chi connectivity index (χ2v) is 10.00. The van der Waals surface area contributed by atoms with Gasteiger partial charge in [-0.25, -0.2) is 9.37 Å². The molecule has 0 bridgehead atoms. The molecule has 8 heteroatoms. The average molecular weight is 447 g/mol. The van der Waals surface area contributed by atoms with Crippen molar-refractivity contribution in [2.45, 2.75) is 71.7 Å². The van der Waals surface area contributed by atoms with Crippen molar-refractivity contribution in [3.63, 3.8) is 0 Å². The Balaban J connectivity index is 1.88. The molecule has 3 atom stereocenters. The first-order valence-corrected chi connectivity index (χ1v) is 11.8. The smallest absolute Gasteiger partial charge is 0.230 e. The normalized spacial score (nSPS) is 23.3. The van der Waals surface area contributed by atoms with Crippen LogP contribution in [0.1, 0.15) is 69.3 Å². The standard InChI is InChI=1S/C23H31FN4O2S/c1-6-18-13-30-23(5,11-10-14(2)3)27(18)19(16-8-7-9-17(24)12-16)20-21(29)28-22(31-20)25-15(4)26-28/h7-9,12,14,18-19,29H,6,10-11,13H2,1-5H3. The van der Waals surface area contributed by atoms with Crippen LogP contribution in [0.15, 0.2) is 24.3 Å². The van der Waals surface area contributed by atoms with Crippen molar-refractivity contribution in [2.75, 3.05) is 6.61 Å². The third kappa shape index (κ3) is 4.08. The van der Waals surface area contributed by atoms with Crippen LogP contribution in [0.25, 0.3) is 4.96 Å². The van der Waals surface area contributed by atoms with Crippen molar-refractivity contribution in [3.05, 3.63) is 46.3 Å². The maximum atomic E-state index is 14.3. The summed E-state index contributed by atoms with van der Waals surface area (Å²) in [6, 6.07) is 6.42. The van der Waals surface area contributed by atoms with E-state index in [1.54, 1.807) is 19.1 Å². The highest BCUT2D eigenvalue weighted by atomic mass is 32.1. The lowest BCUT2D eigenvalue weighted by Gasteiger charge is -2.42. The molecular weight excluding hydrogens is 415 g/mol. The van der Waals surface area contributed by atoms with E-state index in [0.29, 0.717) is 28.2 Å². The van der Waals surface area contributed by atoms with Crippen LogP contribution in [-0.2, 0) is 4.74 Å². The average Bonchev–Trinajstić information content (AvgIpc) is 3.34. The van der Waals surface area contributed by atoms with Gasteiger partial charge in [0.15, 0.2) is 0 Å². The number of aromatic nitrogens is 3. The first-order chi connectivity index (χ1) is 14.7. The van der Waals surface area contributed by atoms with Crippen LogP contribution in [0, 0.1) is 18.7 Å². The summed E-state index contributed by atoms with van der Waals surface area (Å²) in [5.41, 5.74) is 0.264. The SMILES string of the molecule is CCC1COC(C)(CCC(C)C)N1C(c1cccc(F)c1)c1sc2nc(C)nn2c1O. The van der Waals surface area contributed by atoms with Crippen LogP contribution in [0.4, 0.5) is 4.39 Å². The summed E-state index contributed by atoms with van der Waals surface area (Å²) in [7, 11) is 0. The Hall–Kier alpha value is -2.03. The van der Waals surface area contributed by atoms with E-state index in [1.165, 1.54) is 21.9 Å². The molecule has 3 heterocycles. The number of halogens is 1. The summed E-state index contributed by atoms with van der Waals surface area (Å²) in [5, 5.41) is 15.5. The molecule has 0 saturated carbocycles. The van der Waals surface area contributed by atoms with Gasteiger partial charge in [-0.15, -0.1) is 5.10 Å². The Morgan fingerprint density at radius 1 is 1.39 bits per heavy atom. The Labute approximate surface area is 186 Å². The number of fused-ring (bicyclic) bond motifs is 1. The van der Waals surface area contributed by atoms with Crippen LogP contribution in [0.5, 0.6) is 5.88 Å². The molecule has 0 radical (unpaired) electrons. The number of aryl methyl sites for hydroxylation is 1. The molecule has 3 unspecified atom stereocenters. The highest BCUT2D eigenvalue weighted by molar-refractivity contribution is 7.17. The van der Waals surface area contributed by atoms with E-state index in [-0.39, 0.29) is 23.8 Å². The number of nitrogens with zero attached hydrogens (tertiary/aromatic N) is 4. The van der Waals surface area contributed by atoms with E-state index in [1.807, 2.05) is 6.07 Å². The fourth-order valence-electron chi connectivity index (χ4n) is 4.51. The quantitative estimate of drug-likeness (QED) is 0.534. The zero-order chi connectivity index (χ0) is 22.3. The molecule has 0 amide bonds. The second kappa shape index (κ2) is 8.48. The molecular formula is C23H31FN4O2S. The molecule has 2 aromatic heterocycles. The highest BCUT2D eigenvalue weighted by Crippen LogP contribution is 2.48. The van der Waals surface area contributed by atoms with Gasteiger partial charge in [0.1, 0.15) is 17.4 Å².